The number of rotatable bonds is 37. The number of nitrogen functional groups attached to an aromatic ring is 1. The summed E-state index contributed by atoms with van der Waals surface area (Å²) in [5, 5.41) is 85.1. The Bertz CT molecular complexity index is 3890. The Morgan fingerprint density at radius 3 is 2.10 bits per heavy atom. The van der Waals surface area contributed by atoms with Crippen LogP contribution in [0.2, 0.25) is 0 Å². The number of aliphatic imine (C=N–C) groups is 1. The number of carboxylic acid groups (broad SMARTS) is 4. The smallest absolute Gasteiger partial charge is 0.409 e. The summed E-state index contributed by atoms with van der Waals surface area (Å²) in [6.07, 6.45) is -1.76. The lowest BCUT2D eigenvalue weighted by Crippen LogP contribution is -2.61. The number of anilines is 4. The van der Waals surface area contributed by atoms with Gasteiger partial charge in [-0.05, 0) is 84.6 Å². The summed E-state index contributed by atoms with van der Waals surface area (Å²) < 4.78 is 11.1. The molecule has 2 fully saturated rings. The van der Waals surface area contributed by atoms with Crippen molar-refractivity contribution in [3.63, 3.8) is 0 Å². The van der Waals surface area contributed by atoms with Crippen molar-refractivity contribution in [2.45, 2.75) is 145 Å². The summed E-state index contributed by atoms with van der Waals surface area (Å²) in [4.78, 5) is 163. The van der Waals surface area contributed by atoms with Crippen molar-refractivity contribution >= 4 is 127 Å². The largest absolute Gasteiger partial charge is 0.505 e. The predicted octanol–water partition coefficient (Wildman–Crippen LogP) is -0.947. The monoisotopic (exact) mass is 1410 g/mol. The molecule has 37 nitrogen and oxygen atoms in total. The first-order valence-electron chi connectivity index (χ1n) is 30.3. The molecule has 8 atom stereocenters. The predicted molar refractivity (Wildman–Crippen MR) is 356 cm³/mol. The number of benzene rings is 2. The van der Waals surface area contributed by atoms with E-state index in [1.165, 1.54) is 62.2 Å². The third-order valence-electron chi connectivity index (χ3n) is 16.2. The Morgan fingerprint density at radius 1 is 0.837 bits per heavy atom. The number of primary amides is 1. The second-order valence-electron chi connectivity index (χ2n) is 24.2. The number of aromatic nitrogens is 4. The maximum absolute atomic E-state index is 14.1. The first-order valence-corrected chi connectivity index (χ1v) is 32.8. The van der Waals surface area contributed by atoms with Gasteiger partial charge in [-0.15, -0.1) is 0 Å². The van der Waals surface area contributed by atoms with Gasteiger partial charge in [0.1, 0.15) is 41.9 Å². The van der Waals surface area contributed by atoms with Crippen LogP contribution in [0.25, 0.3) is 16.7 Å². The molecule has 530 valence electrons. The van der Waals surface area contributed by atoms with Gasteiger partial charge in [0.2, 0.25) is 23.7 Å². The number of aromatic amines is 1. The molecule has 0 spiro atoms. The van der Waals surface area contributed by atoms with Crippen molar-refractivity contribution < 1.29 is 88.1 Å². The molecule has 5 heterocycles. The lowest BCUT2D eigenvalue weighted by molar-refractivity contribution is -0.143. The molecule has 98 heavy (non-hydrogen) atoms. The van der Waals surface area contributed by atoms with Gasteiger partial charge in [0.15, 0.2) is 28.6 Å². The van der Waals surface area contributed by atoms with Gasteiger partial charge in [-0.2, -0.15) is 4.98 Å². The minimum absolute atomic E-state index is 0.00684. The van der Waals surface area contributed by atoms with Crippen molar-refractivity contribution in [2.75, 3.05) is 53.0 Å². The summed E-state index contributed by atoms with van der Waals surface area (Å²) in [6, 6.07) is -3.19. The Hall–Kier alpha value is -10.3. The van der Waals surface area contributed by atoms with Crippen LogP contribution < -0.4 is 75.9 Å². The van der Waals surface area contributed by atoms with Gasteiger partial charge in [-0.3, -0.25) is 53.6 Å². The molecular weight excluding hydrogens is 1330 g/mol. The number of hydrogen-bond acceptors (Lipinski definition) is 27. The van der Waals surface area contributed by atoms with Crippen molar-refractivity contribution in [3.05, 3.63) is 69.5 Å². The molecule has 39 heteroatoms. The average molecular weight is 1410 g/mol. The third-order valence-corrected chi connectivity index (χ3v) is 18.6. The quantitative estimate of drug-likeness (QED) is 0.00378. The fourth-order valence-electron chi connectivity index (χ4n) is 11.1. The summed E-state index contributed by atoms with van der Waals surface area (Å²) in [7, 11) is 3.69. The van der Waals surface area contributed by atoms with E-state index in [-0.39, 0.29) is 106 Å². The molecule has 0 saturated carbocycles. The number of phenols is 2. The van der Waals surface area contributed by atoms with E-state index in [0.29, 0.717) is 35.7 Å². The first kappa shape index (κ1) is 75.1. The van der Waals surface area contributed by atoms with E-state index in [9.17, 15) is 83.4 Å². The Morgan fingerprint density at radius 2 is 1.47 bits per heavy atom. The molecule has 3 aliphatic heterocycles. The molecule has 7 rings (SSSR count). The normalized spacial score (nSPS) is 17.9. The van der Waals surface area contributed by atoms with E-state index >= 15 is 0 Å². The number of nitrogens with two attached hydrogens (primary N) is 4. The highest BCUT2D eigenvalue weighted by Gasteiger charge is 2.70. The van der Waals surface area contributed by atoms with E-state index in [2.05, 4.69) is 67.5 Å². The second kappa shape index (κ2) is 31.7. The lowest BCUT2D eigenvalue weighted by atomic mass is 9.92. The number of ether oxygens (including phenoxy) is 2. The number of nitrogens with one attached hydrogen (secondary N) is 9. The van der Waals surface area contributed by atoms with E-state index in [1.54, 1.807) is 11.8 Å². The van der Waals surface area contributed by atoms with Gasteiger partial charge < -0.3 is 105 Å². The number of phenolic OH excluding ortho intramolecular Hbond substituents is 2. The minimum atomic E-state index is -1.96. The topological polar surface area (TPSA) is 608 Å². The Labute approximate surface area is 565 Å². The molecule has 2 unspecified atom stereocenters. The Balaban J connectivity index is 0.935. The van der Waals surface area contributed by atoms with Gasteiger partial charge in [0, 0.05) is 66.5 Å². The molecule has 0 aliphatic carbocycles. The number of carboxylic acids is 4. The fourth-order valence-corrected chi connectivity index (χ4v) is 13.5. The van der Waals surface area contributed by atoms with Gasteiger partial charge in [0.25, 0.3) is 11.5 Å². The number of amides is 5. The molecule has 2 aromatic heterocycles. The summed E-state index contributed by atoms with van der Waals surface area (Å²) in [6.45, 7) is 8.15. The number of carbonyl (C=O) groups excluding carboxylic acids is 6. The molecular formula is C59H78N18O19S2. The SMILES string of the molecule is CO[C@@]12C(=COC(N)=O)c3c(O)c(NC(C)(C)CCSSC[C@H](NC(=O)C(CC(=O)O)NC(=O)[C@H](CCCN=C(N)N)NC(=O)C(CC(=O)O)NC(C)(C)C(=O)CC[C@H](NC(=O)c4ccc(NCc5cnc6nc(N)[nH]c(=O)c6n5)cc4)C(=O)O)C(=O)O)c(C)c(O)c3N1C[C@@H]1N[C@@H]12. The average Bonchev–Trinajstić information content (AvgIpc) is 1.50. The molecule has 23 N–H and O–H groups in total. The zero-order valence-electron chi connectivity index (χ0n) is 53.8. The molecule has 0 bridgehead atoms. The number of aliphatic carboxylic acids is 4. The number of Topliss-reactive ketones (excluding diaryl/α,β-unsaturated/α-hetero) is 1. The van der Waals surface area contributed by atoms with Gasteiger partial charge >= 0.3 is 30.0 Å². The standard InChI is InChI=1S/C59H78N18O19S2/c1-25-40(44(84)39-29(23-96-56(63)94)59(95-6)45-34(68-45)22-77(59)42(39)43(25)83)76-57(2,3)15-17-97-98-24-35(53(92)93)72-49(87)32(18-37(79)80)71-48(86)30(8-7-16-64-54(60)61)69-50(88)33(19-38(81)82)75-58(4,5)36(78)14-13-31(52(90)91)70-47(85)26-9-11-27(12-10-26)65-20-28-21-66-46-41(67-28)51(89)74-55(62)73-46/h9-12,21,23,30-35,45,65,68,75-76,83-84H,7-8,13-20,22,24H2,1-6H3,(H2,63,94)(H,69,88)(H,70,85)(H,71,86)(H,72,87)(H,79,80)(H,81,82)(H,90,91)(H,92,93)(H4,60,61,64)(H3,62,66,73,74,89)/t30-,31-,32?,33?,34-,35-,45-,59+/m0/s1. The molecule has 2 saturated heterocycles. The van der Waals surface area contributed by atoms with Crippen LogP contribution in [0.15, 0.2) is 46.5 Å². The molecule has 0 radical (unpaired) electrons. The van der Waals surface area contributed by atoms with Crippen molar-refractivity contribution in [1.82, 2.24) is 51.8 Å². The lowest BCUT2D eigenvalue weighted by Gasteiger charge is -2.35. The van der Waals surface area contributed by atoms with E-state index in [1.807, 2.05) is 13.8 Å². The number of hydrogen-bond donors (Lipinski definition) is 19. The number of carbonyl (C=O) groups is 10. The van der Waals surface area contributed by atoms with Crippen molar-refractivity contribution in [3.8, 4) is 11.5 Å². The highest BCUT2D eigenvalue weighted by Crippen LogP contribution is 2.63. The number of guanidine groups is 1. The first-order chi connectivity index (χ1) is 46.1. The Kier molecular flexibility index (Phi) is 24.3. The van der Waals surface area contributed by atoms with Crippen LogP contribution >= 0.6 is 21.6 Å². The molecule has 3 aliphatic rings. The van der Waals surface area contributed by atoms with Gasteiger partial charge in [-0.1, -0.05) is 21.6 Å². The van der Waals surface area contributed by atoms with Crippen molar-refractivity contribution in [1.29, 1.82) is 0 Å². The molecule has 5 amide bonds. The van der Waals surface area contributed by atoms with Gasteiger partial charge in [0.05, 0.1) is 71.4 Å². The number of H-pyrrole nitrogens is 1. The van der Waals surface area contributed by atoms with E-state index < -0.39 is 138 Å². The maximum Gasteiger partial charge on any atom is 0.409 e. The molecule has 4 aromatic rings. The van der Waals surface area contributed by atoms with Gasteiger partial charge in [-0.25, -0.2) is 24.4 Å². The number of nitrogens with zero attached hydrogens (tertiary/aromatic N) is 5. The fraction of sp³-hybridized carbons (Fsp3) is 0.475. The summed E-state index contributed by atoms with van der Waals surface area (Å²) in [5.74, 6) is -12.2. The van der Waals surface area contributed by atoms with Crippen LogP contribution in [-0.2, 0) is 54.4 Å². The number of methoxy groups -OCH3 is 1. The minimum Gasteiger partial charge on any atom is -0.505 e. The number of ketones is 1. The maximum atomic E-state index is 14.1. The van der Waals surface area contributed by atoms with E-state index in [0.717, 1.165) is 17.1 Å². The highest BCUT2D eigenvalue weighted by molar-refractivity contribution is 8.76. The summed E-state index contributed by atoms with van der Waals surface area (Å²) >= 11 is 0. The number of aromatic hydroxyl groups is 2. The number of piperazine rings is 1. The van der Waals surface area contributed by atoms with Crippen LogP contribution in [0.5, 0.6) is 11.5 Å². The van der Waals surface area contributed by atoms with Crippen LogP contribution in [-0.4, -0.2) is 207 Å². The van der Waals surface area contributed by atoms with Crippen molar-refractivity contribution in [2.24, 2.45) is 22.2 Å². The van der Waals surface area contributed by atoms with Crippen LogP contribution in [0.4, 0.5) is 27.8 Å². The van der Waals surface area contributed by atoms with Crippen LogP contribution in [0.3, 0.4) is 0 Å². The third kappa shape index (κ3) is 18.4. The summed E-state index contributed by atoms with van der Waals surface area (Å²) in [5.41, 5.74) is 19.4. The number of fused-ring (bicyclic) bond motifs is 6. The molecule has 2 aromatic carbocycles. The highest BCUT2D eigenvalue weighted by atomic mass is 33.1. The second-order valence-corrected chi connectivity index (χ2v) is 26.9. The van der Waals surface area contributed by atoms with E-state index in [4.69, 9.17) is 32.4 Å². The zero-order valence-corrected chi connectivity index (χ0v) is 55.5. The van der Waals surface area contributed by atoms with Crippen LogP contribution in [0, 0.1) is 6.92 Å². The zero-order chi connectivity index (χ0) is 72.3. The van der Waals surface area contributed by atoms with Crippen LogP contribution in [0.1, 0.15) is 99.8 Å².